The van der Waals surface area contributed by atoms with Crippen molar-refractivity contribution in [1.82, 2.24) is 0 Å². The molecule has 0 radical (unpaired) electrons. The lowest BCUT2D eigenvalue weighted by Gasteiger charge is -2.07. The molecule has 0 aromatic heterocycles. The summed E-state index contributed by atoms with van der Waals surface area (Å²) in [7, 11) is 1.43. The van der Waals surface area contributed by atoms with Gasteiger partial charge in [-0.2, -0.15) is 0 Å². The van der Waals surface area contributed by atoms with Crippen LogP contribution in [0, 0.1) is 0 Å². The zero-order valence-corrected chi connectivity index (χ0v) is 12.2. The number of methoxy groups -OCH3 is 1. The fourth-order valence-electron chi connectivity index (χ4n) is 1.80. The topological polar surface area (TPSA) is 64.6 Å². The molecule has 0 bridgehead atoms. The Morgan fingerprint density at radius 1 is 1.00 bits per heavy atom. The lowest BCUT2D eigenvalue weighted by Crippen LogP contribution is -2.12. The molecular formula is C17H17NO4. The molecule has 1 amide bonds. The van der Waals surface area contributed by atoms with Gasteiger partial charge in [0.25, 0.3) is 5.91 Å². The molecule has 0 atom stereocenters. The second-order valence-electron chi connectivity index (χ2n) is 4.61. The molecule has 22 heavy (non-hydrogen) atoms. The third-order valence-electron chi connectivity index (χ3n) is 2.91. The van der Waals surface area contributed by atoms with Crippen LogP contribution < -0.4 is 5.32 Å². The van der Waals surface area contributed by atoms with Crippen LogP contribution in [0.4, 0.5) is 5.69 Å². The number of rotatable bonds is 6. The number of anilines is 1. The number of amides is 1. The first-order valence-electron chi connectivity index (χ1n) is 6.79. The highest BCUT2D eigenvalue weighted by Crippen LogP contribution is 2.10. The summed E-state index contributed by atoms with van der Waals surface area (Å²) in [5, 5.41) is 2.80. The predicted octanol–water partition coefficient (Wildman–Crippen LogP) is 2.63. The smallest absolute Gasteiger partial charge is 0.332 e. The Balaban J connectivity index is 1.91. The Morgan fingerprint density at radius 2 is 1.68 bits per heavy atom. The maximum atomic E-state index is 12.1. The summed E-state index contributed by atoms with van der Waals surface area (Å²) >= 11 is 0. The van der Waals surface area contributed by atoms with Gasteiger partial charge in [0, 0.05) is 18.4 Å². The molecule has 0 aliphatic carbocycles. The Labute approximate surface area is 128 Å². The van der Waals surface area contributed by atoms with E-state index in [1.165, 1.54) is 7.11 Å². The minimum absolute atomic E-state index is 0.0719. The molecule has 5 nitrogen and oxygen atoms in total. The average Bonchev–Trinajstić information content (AvgIpc) is 2.54. The van der Waals surface area contributed by atoms with E-state index in [1.54, 1.807) is 24.3 Å². The van der Waals surface area contributed by atoms with Gasteiger partial charge in [-0.15, -0.1) is 0 Å². The maximum absolute atomic E-state index is 12.1. The summed E-state index contributed by atoms with van der Waals surface area (Å²) < 4.78 is 9.67. The summed E-state index contributed by atoms with van der Waals surface area (Å²) in [5.74, 6) is -0.609. The molecule has 0 aliphatic heterocycles. The largest absolute Gasteiger partial charge is 0.459 e. The number of para-hydroxylation sites is 1. The van der Waals surface area contributed by atoms with E-state index in [9.17, 15) is 9.59 Å². The van der Waals surface area contributed by atoms with Gasteiger partial charge in [-0.05, 0) is 29.8 Å². The first kappa shape index (κ1) is 15.7. The van der Waals surface area contributed by atoms with Gasteiger partial charge in [-0.1, -0.05) is 30.3 Å². The van der Waals surface area contributed by atoms with Gasteiger partial charge >= 0.3 is 5.97 Å². The van der Waals surface area contributed by atoms with Crippen LogP contribution in [0.3, 0.4) is 0 Å². The second kappa shape index (κ2) is 7.95. The van der Waals surface area contributed by atoms with E-state index in [0.717, 1.165) is 11.3 Å². The highest BCUT2D eigenvalue weighted by atomic mass is 16.6. The highest BCUT2D eigenvalue weighted by molar-refractivity contribution is 6.04. The number of ether oxygens (including phenoxy) is 2. The summed E-state index contributed by atoms with van der Waals surface area (Å²) in [6.45, 7) is 0.0837. The molecule has 1 N–H and O–H groups in total. The molecule has 0 saturated heterocycles. The van der Waals surface area contributed by atoms with Crippen molar-refractivity contribution in [2.75, 3.05) is 19.0 Å². The van der Waals surface area contributed by atoms with E-state index in [1.807, 2.05) is 30.3 Å². The van der Waals surface area contributed by atoms with Gasteiger partial charge in [-0.25, -0.2) is 4.79 Å². The monoisotopic (exact) mass is 299 g/mol. The zero-order chi connectivity index (χ0) is 15.8. The normalized spacial score (nSPS) is 10.0. The molecule has 2 aromatic rings. The molecule has 0 heterocycles. The fourth-order valence-corrected chi connectivity index (χ4v) is 1.80. The SMILES string of the molecule is COCC(=O)OCc1ccc(C(=O)Nc2ccccc2)cc1. The van der Waals surface area contributed by atoms with Gasteiger partial charge < -0.3 is 14.8 Å². The molecule has 5 heteroatoms. The Bertz CT molecular complexity index is 623. The summed E-state index contributed by atoms with van der Waals surface area (Å²) in [6, 6.07) is 16.1. The predicted molar refractivity (Wildman–Crippen MR) is 82.5 cm³/mol. The summed E-state index contributed by atoms with van der Waals surface area (Å²) in [5.41, 5.74) is 2.08. The first-order chi connectivity index (χ1) is 10.7. The molecule has 2 rings (SSSR count). The third kappa shape index (κ3) is 4.71. The van der Waals surface area contributed by atoms with Crippen LogP contribution in [-0.2, 0) is 20.9 Å². The molecular weight excluding hydrogens is 282 g/mol. The molecule has 0 aliphatic rings. The zero-order valence-electron chi connectivity index (χ0n) is 12.2. The van der Waals surface area contributed by atoms with Gasteiger partial charge in [0.05, 0.1) is 0 Å². The van der Waals surface area contributed by atoms with E-state index in [2.05, 4.69) is 10.1 Å². The van der Waals surface area contributed by atoms with Crippen LogP contribution in [0.25, 0.3) is 0 Å². The molecule has 0 saturated carbocycles. The molecule has 114 valence electrons. The molecule has 2 aromatic carbocycles. The van der Waals surface area contributed by atoms with Crippen LogP contribution in [0.15, 0.2) is 54.6 Å². The molecule has 0 fully saturated rings. The molecule has 0 spiro atoms. The molecule has 0 unspecified atom stereocenters. The Kier molecular flexibility index (Phi) is 5.68. The van der Waals surface area contributed by atoms with Crippen molar-refractivity contribution >= 4 is 17.6 Å². The minimum Gasteiger partial charge on any atom is -0.459 e. The third-order valence-corrected chi connectivity index (χ3v) is 2.91. The average molecular weight is 299 g/mol. The number of esters is 1. The van der Waals surface area contributed by atoms with Crippen molar-refractivity contribution in [1.29, 1.82) is 0 Å². The van der Waals surface area contributed by atoms with E-state index < -0.39 is 5.97 Å². The number of carbonyl (C=O) groups is 2. The van der Waals surface area contributed by atoms with Crippen molar-refractivity contribution in [3.63, 3.8) is 0 Å². The van der Waals surface area contributed by atoms with Crippen molar-refractivity contribution in [2.24, 2.45) is 0 Å². The highest BCUT2D eigenvalue weighted by Gasteiger charge is 2.07. The quantitative estimate of drug-likeness (QED) is 0.833. The van der Waals surface area contributed by atoms with Crippen molar-refractivity contribution < 1.29 is 19.1 Å². The van der Waals surface area contributed by atoms with Gasteiger partial charge in [0.15, 0.2) is 0 Å². The Morgan fingerprint density at radius 3 is 2.32 bits per heavy atom. The summed E-state index contributed by atoms with van der Waals surface area (Å²) in [6.07, 6.45) is 0. The number of carbonyl (C=O) groups excluding carboxylic acids is 2. The van der Waals surface area contributed by atoms with E-state index in [4.69, 9.17) is 4.74 Å². The standard InChI is InChI=1S/C17H17NO4/c1-21-12-16(19)22-11-13-7-9-14(10-8-13)17(20)18-15-5-3-2-4-6-15/h2-10H,11-12H2,1H3,(H,18,20). The number of hydrogen-bond acceptors (Lipinski definition) is 4. The van der Waals surface area contributed by atoms with Crippen LogP contribution in [-0.4, -0.2) is 25.6 Å². The van der Waals surface area contributed by atoms with Crippen LogP contribution in [0.1, 0.15) is 15.9 Å². The lowest BCUT2D eigenvalue weighted by atomic mass is 10.1. The van der Waals surface area contributed by atoms with Crippen LogP contribution >= 0.6 is 0 Å². The number of benzene rings is 2. The van der Waals surface area contributed by atoms with E-state index in [-0.39, 0.29) is 19.1 Å². The van der Waals surface area contributed by atoms with Crippen LogP contribution in [0.2, 0.25) is 0 Å². The van der Waals surface area contributed by atoms with Crippen molar-refractivity contribution in [3.8, 4) is 0 Å². The maximum Gasteiger partial charge on any atom is 0.332 e. The van der Waals surface area contributed by atoms with Crippen molar-refractivity contribution in [3.05, 3.63) is 65.7 Å². The van der Waals surface area contributed by atoms with Gasteiger partial charge in [-0.3, -0.25) is 4.79 Å². The van der Waals surface area contributed by atoms with Gasteiger partial charge in [0.2, 0.25) is 0 Å². The van der Waals surface area contributed by atoms with Crippen molar-refractivity contribution in [2.45, 2.75) is 6.61 Å². The number of nitrogens with one attached hydrogen (secondary N) is 1. The fraction of sp³-hybridized carbons (Fsp3) is 0.176. The lowest BCUT2D eigenvalue weighted by molar-refractivity contribution is -0.149. The number of hydrogen-bond donors (Lipinski definition) is 1. The Hall–Kier alpha value is -2.66. The van der Waals surface area contributed by atoms with E-state index >= 15 is 0 Å². The second-order valence-corrected chi connectivity index (χ2v) is 4.61. The van der Waals surface area contributed by atoms with E-state index in [0.29, 0.717) is 5.56 Å². The van der Waals surface area contributed by atoms with Crippen LogP contribution in [0.5, 0.6) is 0 Å². The first-order valence-corrected chi connectivity index (χ1v) is 6.79. The minimum atomic E-state index is -0.423. The van der Waals surface area contributed by atoms with Gasteiger partial charge in [0.1, 0.15) is 13.2 Å². The summed E-state index contributed by atoms with van der Waals surface area (Å²) in [4.78, 5) is 23.2.